The average Bonchev–Trinajstić information content (AvgIpc) is 3.20. The molecule has 1 aromatic heterocycles. The smallest absolute Gasteiger partial charge is 0.312 e. The van der Waals surface area contributed by atoms with Gasteiger partial charge in [-0.3, -0.25) is 23.7 Å². The molecular formula is C30H41FN6O6. The second-order valence-electron chi connectivity index (χ2n) is 12.1. The second kappa shape index (κ2) is 12.4. The molecule has 0 saturated heterocycles. The number of benzene rings is 1. The molecule has 0 spiro atoms. The standard InChI is InChI=1S/C30H41FN6O6/c1-19-15-20(7-8-21(19)31)16-32-24(39)22-23(38)25(40)37-18-29(17-35(4)13-14-43-6)9-11-30(12-10-29,28(37)33-22)36(5)27(42)26(41)34(2)3/h7-8,15,38H,9-14,16-18H2,1-6H3,(H,32,39). The maximum Gasteiger partial charge on any atom is 0.312 e. The number of hydrogen-bond donors (Lipinski definition) is 2. The van der Waals surface area contributed by atoms with Crippen molar-refractivity contribution in [1.82, 2.24) is 29.6 Å². The summed E-state index contributed by atoms with van der Waals surface area (Å²) in [5, 5.41) is 13.6. The zero-order valence-corrected chi connectivity index (χ0v) is 25.7. The fourth-order valence-electron chi connectivity index (χ4n) is 6.32. The van der Waals surface area contributed by atoms with E-state index in [2.05, 4.69) is 15.2 Å². The molecule has 2 N–H and O–H groups in total. The van der Waals surface area contributed by atoms with Crippen LogP contribution in [-0.2, 0) is 33.0 Å². The third-order valence-electron chi connectivity index (χ3n) is 8.90. The fraction of sp³-hybridized carbons (Fsp3) is 0.567. The Morgan fingerprint density at radius 1 is 1.12 bits per heavy atom. The van der Waals surface area contributed by atoms with Crippen LogP contribution in [0.1, 0.15) is 53.1 Å². The van der Waals surface area contributed by atoms with E-state index >= 15 is 0 Å². The summed E-state index contributed by atoms with van der Waals surface area (Å²) in [6, 6.07) is 4.42. The number of aryl methyl sites for hydroxylation is 1. The van der Waals surface area contributed by atoms with E-state index in [0.717, 1.165) is 0 Å². The molecule has 1 fully saturated rings. The van der Waals surface area contributed by atoms with E-state index in [9.17, 15) is 28.7 Å². The van der Waals surface area contributed by atoms with Crippen LogP contribution in [0.2, 0.25) is 0 Å². The molecule has 234 valence electrons. The average molecular weight is 601 g/mol. The van der Waals surface area contributed by atoms with Gasteiger partial charge in [-0.1, -0.05) is 12.1 Å². The monoisotopic (exact) mass is 600 g/mol. The van der Waals surface area contributed by atoms with Crippen LogP contribution in [-0.4, -0.2) is 102 Å². The first kappa shape index (κ1) is 32.1. The SMILES string of the molecule is COCCN(C)CC12CCC(N(C)C(=O)C(=O)N(C)C)(CC1)c1nc(C(=O)NCc3ccc(F)c(C)c3)c(O)c(=O)n1C2. The number of fused-ring (bicyclic) bond motifs is 2. The van der Waals surface area contributed by atoms with Gasteiger partial charge in [-0.25, -0.2) is 9.37 Å². The van der Waals surface area contributed by atoms with E-state index in [1.807, 2.05) is 7.05 Å². The number of amides is 3. The van der Waals surface area contributed by atoms with Crippen molar-refractivity contribution in [2.24, 2.45) is 5.41 Å². The van der Waals surface area contributed by atoms with Crippen molar-refractivity contribution >= 4 is 17.7 Å². The lowest BCUT2D eigenvalue weighted by molar-refractivity contribution is -0.155. The summed E-state index contributed by atoms with van der Waals surface area (Å²) in [4.78, 5) is 62.5. The number of methoxy groups -OCH3 is 1. The first-order valence-electron chi connectivity index (χ1n) is 14.3. The molecule has 13 heteroatoms. The van der Waals surface area contributed by atoms with Crippen LogP contribution in [0.5, 0.6) is 5.75 Å². The number of carbonyl (C=O) groups is 3. The minimum atomic E-state index is -1.16. The van der Waals surface area contributed by atoms with Crippen molar-refractivity contribution in [2.45, 2.75) is 51.2 Å². The number of ether oxygens (including phenoxy) is 1. The summed E-state index contributed by atoms with van der Waals surface area (Å²) in [5.41, 5.74) is -1.76. The molecule has 5 rings (SSSR count). The Bertz CT molecular complexity index is 1470. The first-order chi connectivity index (χ1) is 20.2. The van der Waals surface area contributed by atoms with E-state index in [1.165, 1.54) is 47.6 Å². The van der Waals surface area contributed by atoms with E-state index in [-0.39, 0.29) is 30.1 Å². The van der Waals surface area contributed by atoms with Gasteiger partial charge in [0.05, 0.1) is 6.61 Å². The van der Waals surface area contributed by atoms with Crippen molar-refractivity contribution in [3.05, 3.63) is 57.0 Å². The van der Waals surface area contributed by atoms with Crippen LogP contribution < -0.4 is 10.9 Å². The molecule has 43 heavy (non-hydrogen) atoms. The third-order valence-corrected chi connectivity index (χ3v) is 8.90. The van der Waals surface area contributed by atoms with E-state index < -0.39 is 40.3 Å². The van der Waals surface area contributed by atoms with Crippen molar-refractivity contribution in [3.8, 4) is 5.75 Å². The summed E-state index contributed by atoms with van der Waals surface area (Å²) in [6.45, 7) is 3.69. The van der Waals surface area contributed by atoms with Gasteiger partial charge in [0.25, 0.3) is 11.5 Å². The largest absolute Gasteiger partial charge is 0.501 e. The number of nitrogens with one attached hydrogen (secondary N) is 1. The molecule has 1 aromatic carbocycles. The maximum absolute atomic E-state index is 13.8. The Hall–Kier alpha value is -3.84. The van der Waals surface area contributed by atoms with Crippen LogP contribution in [0, 0.1) is 18.2 Å². The zero-order valence-electron chi connectivity index (χ0n) is 25.7. The fourth-order valence-corrected chi connectivity index (χ4v) is 6.32. The lowest BCUT2D eigenvalue weighted by Gasteiger charge is -2.47. The Morgan fingerprint density at radius 2 is 1.79 bits per heavy atom. The van der Waals surface area contributed by atoms with Crippen LogP contribution >= 0.6 is 0 Å². The van der Waals surface area contributed by atoms with Gasteiger partial charge in [-0.15, -0.1) is 0 Å². The van der Waals surface area contributed by atoms with Gasteiger partial charge in [0.15, 0.2) is 5.69 Å². The van der Waals surface area contributed by atoms with Gasteiger partial charge in [-0.2, -0.15) is 0 Å². The van der Waals surface area contributed by atoms with Gasteiger partial charge in [0, 0.05) is 59.8 Å². The highest BCUT2D eigenvalue weighted by Gasteiger charge is 2.54. The minimum Gasteiger partial charge on any atom is -0.501 e. The molecule has 2 aromatic rings. The van der Waals surface area contributed by atoms with Gasteiger partial charge >= 0.3 is 11.8 Å². The molecule has 2 aliphatic heterocycles. The number of rotatable bonds is 9. The molecule has 1 aliphatic carbocycles. The summed E-state index contributed by atoms with van der Waals surface area (Å²) in [7, 11) is 8.10. The highest BCUT2D eigenvalue weighted by atomic mass is 19.1. The predicted octanol–water partition coefficient (Wildman–Crippen LogP) is 1.22. The second-order valence-corrected chi connectivity index (χ2v) is 12.1. The third kappa shape index (κ3) is 6.14. The molecule has 2 bridgehead atoms. The lowest BCUT2D eigenvalue weighted by Crippen LogP contribution is -2.55. The Morgan fingerprint density at radius 3 is 2.40 bits per heavy atom. The van der Waals surface area contributed by atoms with Crippen molar-refractivity contribution in [3.63, 3.8) is 0 Å². The molecule has 12 nitrogen and oxygen atoms in total. The normalized spacial score (nSPS) is 20.8. The number of nitrogens with zero attached hydrogens (tertiary/aromatic N) is 5. The molecule has 0 unspecified atom stereocenters. The predicted molar refractivity (Wildman–Crippen MR) is 156 cm³/mol. The molecular weight excluding hydrogens is 559 g/mol. The quantitative estimate of drug-likeness (QED) is 0.410. The molecule has 3 heterocycles. The summed E-state index contributed by atoms with van der Waals surface area (Å²) in [6.07, 6.45) is 2.04. The van der Waals surface area contributed by atoms with Gasteiger partial charge in [0.2, 0.25) is 5.75 Å². The van der Waals surface area contributed by atoms with Crippen molar-refractivity contribution in [1.29, 1.82) is 0 Å². The van der Waals surface area contributed by atoms with Crippen LogP contribution in [0.15, 0.2) is 23.0 Å². The number of aromatic nitrogens is 2. The molecule has 0 atom stereocenters. The first-order valence-corrected chi connectivity index (χ1v) is 14.3. The van der Waals surface area contributed by atoms with E-state index in [4.69, 9.17) is 4.74 Å². The molecule has 0 radical (unpaired) electrons. The van der Waals surface area contributed by atoms with Crippen molar-refractivity contribution in [2.75, 3.05) is 55.0 Å². The van der Waals surface area contributed by atoms with Gasteiger partial charge in [-0.05, 0) is 56.8 Å². The van der Waals surface area contributed by atoms with Gasteiger partial charge in [0.1, 0.15) is 17.2 Å². The van der Waals surface area contributed by atoms with Crippen molar-refractivity contribution < 1.29 is 28.6 Å². The number of hydrogen-bond acceptors (Lipinski definition) is 8. The molecule has 1 saturated carbocycles. The molecule has 3 amide bonds. The van der Waals surface area contributed by atoms with Crippen LogP contribution in [0.25, 0.3) is 0 Å². The summed E-state index contributed by atoms with van der Waals surface area (Å²) >= 11 is 0. The maximum atomic E-state index is 13.8. The van der Waals surface area contributed by atoms with Crippen LogP contribution in [0.4, 0.5) is 4.39 Å². The Balaban J connectivity index is 1.77. The zero-order chi connectivity index (χ0) is 31.7. The van der Waals surface area contributed by atoms with E-state index in [0.29, 0.717) is 56.5 Å². The van der Waals surface area contributed by atoms with Crippen LogP contribution in [0.3, 0.4) is 0 Å². The number of carbonyl (C=O) groups excluding carboxylic acids is 3. The summed E-state index contributed by atoms with van der Waals surface area (Å²) < 4.78 is 20.3. The topological polar surface area (TPSA) is 137 Å². The Kier molecular flexibility index (Phi) is 9.26. The number of likely N-dealkylation sites (N-methyl/N-ethyl adjacent to an activating group) is 3. The number of halogens is 1. The number of aromatic hydroxyl groups is 1. The van der Waals surface area contributed by atoms with E-state index in [1.54, 1.807) is 20.1 Å². The Labute approximate surface area is 250 Å². The summed E-state index contributed by atoms with van der Waals surface area (Å²) in [5.74, 6) is -3.28. The molecule has 3 aliphatic rings. The minimum absolute atomic E-state index is 0.0112. The highest BCUT2D eigenvalue weighted by molar-refractivity contribution is 6.34. The lowest BCUT2D eigenvalue weighted by atomic mass is 9.67. The highest BCUT2D eigenvalue weighted by Crippen LogP contribution is 2.52. The van der Waals surface area contributed by atoms with Gasteiger partial charge < -0.3 is 29.9 Å².